The highest BCUT2D eigenvalue weighted by molar-refractivity contribution is 7.89. The SMILES string of the molecule is CN(C)c1ccc(NC(=O)CN(C)S(=O)(=O)c2ccc(Cl)cc2)cc1. The van der Waals surface area contributed by atoms with E-state index >= 15 is 0 Å². The Balaban J connectivity index is 2.02. The number of hydrogen-bond donors (Lipinski definition) is 1. The minimum atomic E-state index is -3.75. The van der Waals surface area contributed by atoms with Gasteiger partial charge in [-0.05, 0) is 48.5 Å². The normalized spacial score (nSPS) is 11.4. The molecule has 0 unspecified atom stereocenters. The highest BCUT2D eigenvalue weighted by atomic mass is 35.5. The van der Waals surface area contributed by atoms with Gasteiger partial charge in [0.25, 0.3) is 0 Å². The van der Waals surface area contributed by atoms with Crippen molar-refractivity contribution in [3.8, 4) is 0 Å². The van der Waals surface area contributed by atoms with E-state index in [1.165, 1.54) is 31.3 Å². The lowest BCUT2D eigenvalue weighted by atomic mass is 10.2. The summed E-state index contributed by atoms with van der Waals surface area (Å²) in [5.41, 5.74) is 1.60. The molecule has 0 fully saturated rings. The second kappa shape index (κ2) is 7.86. The van der Waals surface area contributed by atoms with E-state index in [1.807, 2.05) is 31.1 Å². The minimum absolute atomic E-state index is 0.0857. The van der Waals surface area contributed by atoms with Crippen molar-refractivity contribution in [1.29, 1.82) is 0 Å². The zero-order valence-corrected chi connectivity index (χ0v) is 15.8. The Kier molecular flexibility index (Phi) is 6.05. The molecule has 8 heteroatoms. The molecule has 0 aliphatic rings. The summed E-state index contributed by atoms with van der Waals surface area (Å²) >= 11 is 5.77. The highest BCUT2D eigenvalue weighted by Crippen LogP contribution is 2.18. The molecule has 0 aromatic heterocycles. The summed E-state index contributed by atoms with van der Waals surface area (Å²) in [6.07, 6.45) is 0. The third kappa shape index (κ3) is 4.94. The van der Waals surface area contributed by atoms with Gasteiger partial charge in [-0.15, -0.1) is 0 Å². The van der Waals surface area contributed by atoms with Crippen molar-refractivity contribution < 1.29 is 13.2 Å². The number of sulfonamides is 1. The molecule has 0 atom stereocenters. The van der Waals surface area contributed by atoms with Crippen LogP contribution in [0.4, 0.5) is 11.4 Å². The molecule has 0 aliphatic heterocycles. The largest absolute Gasteiger partial charge is 0.378 e. The van der Waals surface area contributed by atoms with E-state index < -0.39 is 15.9 Å². The summed E-state index contributed by atoms with van der Waals surface area (Å²) in [5.74, 6) is -0.419. The van der Waals surface area contributed by atoms with Crippen LogP contribution in [0.1, 0.15) is 0 Å². The number of nitrogens with zero attached hydrogens (tertiary/aromatic N) is 2. The summed E-state index contributed by atoms with van der Waals surface area (Å²) in [7, 11) is 1.45. The predicted octanol–water partition coefficient (Wildman–Crippen LogP) is 2.67. The molecule has 0 saturated carbocycles. The maximum atomic E-state index is 12.4. The molecular formula is C17H20ClN3O3S. The monoisotopic (exact) mass is 381 g/mol. The fourth-order valence-electron chi connectivity index (χ4n) is 2.12. The van der Waals surface area contributed by atoms with Crippen molar-refractivity contribution in [2.24, 2.45) is 0 Å². The van der Waals surface area contributed by atoms with E-state index in [-0.39, 0.29) is 11.4 Å². The number of benzene rings is 2. The lowest BCUT2D eigenvalue weighted by Crippen LogP contribution is -2.34. The molecule has 0 bridgehead atoms. The van der Waals surface area contributed by atoms with Crippen molar-refractivity contribution >= 4 is 38.9 Å². The number of nitrogens with one attached hydrogen (secondary N) is 1. The van der Waals surface area contributed by atoms with Gasteiger partial charge in [-0.1, -0.05) is 11.6 Å². The number of likely N-dealkylation sites (N-methyl/N-ethyl adjacent to an activating group) is 1. The molecule has 1 amide bonds. The second-order valence-corrected chi connectivity index (χ2v) is 8.19. The second-order valence-electron chi connectivity index (χ2n) is 5.70. The van der Waals surface area contributed by atoms with Crippen LogP contribution in [0.2, 0.25) is 5.02 Å². The van der Waals surface area contributed by atoms with Crippen molar-refractivity contribution in [3.05, 3.63) is 53.6 Å². The third-order valence-electron chi connectivity index (χ3n) is 3.56. The van der Waals surface area contributed by atoms with Gasteiger partial charge in [-0.2, -0.15) is 4.31 Å². The van der Waals surface area contributed by atoms with Crippen molar-refractivity contribution in [2.45, 2.75) is 4.90 Å². The molecular weight excluding hydrogens is 362 g/mol. The van der Waals surface area contributed by atoms with Crippen LogP contribution in [0.25, 0.3) is 0 Å². The first-order valence-corrected chi connectivity index (χ1v) is 9.31. The molecule has 0 aliphatic carbocycles. The van der Waals surface area contributed by atoms with Crippen LogP contribution in [0, 0.1) is 0 Å². The molecule has 0 spiro atoms. The summed E-state index contributed by atoms with van der Waals surface area (Å²) < 4.78 is 25.9. The molecule has 2 aromatic rings. The average molecular weight is 382 g/mol. The van der Waals surface area contributed by atoms with E-state index in [1.54, 1.807) is 12.1 Å². The number of amides is 1. The van der Waals surface area contributed by atoms with Crippen LogP contribution >= 0.6 is 11.6 Å². The predicted molar refractivity (Wildman–Crippen MR) is 101 cm³/mol. The van der Waals surface area contributed by atoms with Gasteiger partial charge in [0, 0.05) is 37.5 Å². The Hall–Kier alpha value is -2.09. The summed E-state index contributed by atoms with van der Waals surface area (Å²) in [4.78, 5) is 14.2. The van der Waals surface area contributed by atoms with Crippen LogP contribution in [0.5, 0.6) is 0 Å². The first kappa shape index (κ1) is 19.2. The van der Waals surface area contributed by atoms with Crippen molar-refractivity contribution in [2.75, 3.05) is 37.9 Å². The Bertz CT molecular complexity index is 834. The third-order valence-corrected chi connectivity index (χ3v) is 5.63. The van der Waals surface area contributed by atoms with E-state index in [0.29, 0.717) is 10.7 Å². The van der Waals surface area contributed by atoms with Crippen molar-refractivity contribution in [3.63, 3.8) is 0 Å². The Morgan fingerprint density at radius 3 is 2.08 bits per heavy atom. The Morgan fingerprint density at radius 1 is 1.00 bits per heavy atom. The van der Waals surface area contributed by atoms with Crippen LogP contribution in [-0.2, 0) is 14.8 Å². The van der Waals surface area contributed by atoms with Crippen LogP contribution in [0.3, 0.4) is 0 Å². The van der Waals surface area contributed by atoms with Crippen molar-refractivity contribution in [1.82, 2.24) is 4.31 Å². The number of carbonyl (C=O) groups is 1. The fourth-order valence-corrected chi connectivity index (χ4v) is 3.37. The minimum Gasteiger partial charge on any atom is -0.378 e. The zero-order chi connectivity index (χ0) is 18.6. The smallest absolute Gasteiger partial charge is 0.243 e. The molecule has 25 heavy (non-hydrogen) atoms. The summed E-state index contributed by atoms with van der Waals surface area (Å²) in [5, 5.41) is 3.13. The van der Waals surface area contributed by atoms with Crippen LogP contribution in [-0.4, -0.2) is 46.3 Å². The topological polar surface area (TPSA) is 69.7 Å². The molecule has 0 saturated heterocycles. The van der Waals surface area contributed by atoms with E-state index in [2.05, 4.69) is 5.32 Å². The molecule has 0 radical (unpaired) electrons. The van der Waals surface area contributed by atoms with Gasteiger partial charge < -0.3 is 10.2 Å². The first-order valence-electron chi connectivity index (χ1n) is 7.49. The molecule has 134 valence electrons. The molecule has 0 heterocycles. The lowest BCUT2D eigenvalue weighted by Gasteiger charge is -2.17. The van der Waals surface area contributed by atoms with Gasteiger partial charge in [-0.25, -0.2) is 8.42 Å². The highest BCUT2D eigenvalue weighted by Gasteiger charge is 2.22. The maximum absolute atomic E-state index is 12.4. The van der Waals surface area contributed by atoms with Gasteiger partial charge >= 0.3 is 0 Å². The van der Waals surface area contributed by atoms with Gasteiger partial charge in [0.1, 0.15) is 0 Å². The number of hydrogen-bond acceptors (Lipinski definition) is 4. The molecule has 6 nitrogen and oxygen atoms in total. The van der Waals surface area contributed by atoms with Gasteiger partial charge in [0.15, 0.2) is 0 Å². The van der Waals surface area contributed by atoms with Gasteiger partial charge in [-0.3, -0.25) is 4.79 Å². The number of rotatable bonds is 6. The standard InChI is InChI=1S/C17H20ClN3O3S/c1-20(2)15-8-6-14(7-9-15)19-17(22)12-21(3)25(23,24)16-10-4-13(18)5-11-16/h4-11H,12H2,1-3H3,(H,19,22). The quantitative estimate of drug-likeness (QED) is 0.835. The van der Waals surface area contributed by atoms with E-state index in [0.717, 1.165) is 9.99 Å². The van der Waals surface area contributed by atoms with Crippen LogP contribution in [0.15, 0.2) is 53.4 Å². The number of anilines is 2. The van der Waals surface area contributed by atoms with E-state index in [9.17, 15) is 13.2 Å². The molecule has 2 aromatic carbocycles. The fraction of sp³-hybridized carbons (Fsp3) is 0.235. The molecule has 1 N–H and O–H groups in total. The van der Waals surface area contributed by atoms with Crippen LogP contribution < -0.4 is 10.2 Å². The maximum Gasteiger partial charge on any atom is 0.243 e. The lowest BCUT2D eigenvalue weighted by molar-refractivity contribution is -0.116. The summed E-state index contributed by atoms with van der Waals surface area (Å²) in [6, 6.07) is 13.1. The molecule has 2 rings (SSSR count). The van der Waals surface area contributed by atoms with Gasteiger partial charge in [0.2, 0.25) is 15.9 Å². The van der Waals surface area contributed by atoms with E-state index in [4.69, 9.17) is 11.6 Å². The Labute approximate surface area is 153 Å². The van der Waals surface area contributed by atoms with Gasteiger partial charge in [0.05, 0.1) is 11.4 Å². The first-order chi connectivity index (χ1) is 11.7. The number of carbonyl (C=O) groups excluding carboxylic acids is 1. The average Bonchev–Trinajstić information content (AvgIpc) is 2.55. The zero-order valence-electron chi connectivity index (χ0n) is 14.2. The summed E-state index contributed by atoms with van der Waals surface area (Å²) in [6.45, 7) is -0.291. The number of halogens is 1. The Morgan fingerprint density at radius 2 is 1.56 bits per heavy atom.